The molecule has 1 amide bonds. The summed E-state index contributed by atoms with van der Waals surface area (Å²) in [6, 6.07) is 24.5. The van der Waals surface area contributed by atoms with Gasteiger partial charge in [-0.25, -0.2) is 4.98 Å². The molecule has 36 heavy (non-hydrogen) atoms. The van der Waals surface area contributed by atoms with Gasteiger partial charge in [-0.3, -0.25) is 4.79 Å². The number of carbonyl (C=O) groups is 1. The Kier molecular flexibility index (Phi) is 7.21. The Morgan fingerprint density at radius 1 is 0.944 bits per heavy atom. The second-order valence-corrected chi connectivity index (χ2v) is 9.33. The molecule has 0 aliphatic carbocycles. The molecule has 0 bridgehead atoms. The van der Waals surface area contributed by atoms with E-state index in [-0.39, 0.29) is 11.8 Å². The van der Waals surface area contributed by atoms with Crippen LogP contribution in [-0.2, 0) is 24.3 Å². The fourth-order valence-electron chi connectivity index (χ4n) is 4.92. The first-order chi connectivity index (χ1) is 17.6. The van der Waals surface area contributed by atoms with Gasteiger partial charge in [0.2, 0.25) is 5.91 Å². The molecule has 1 fully saturated rings. The highest BCUT2D eigenvalue weighted by molar-refractivity contribution is 5.81. The van der Waals surface area contributed by atoms with Crippen molar-refractivity contribution in [1.82, 2.24) is 14.5 Å². The van der Waals surface area contributed by atoms with E-state index in [1.54, 1.807) is 7.11 Å². The number of imidazole rings is 1. The standard InChI is InChI=1S/C30H33N3O3/c1-3-22-9-15-26(16-10-22)36-18-6-17-33-28-8-5-4-7-27(28)31-30(33)24-19-29(34)32(21-24)20-23-11-13-25(35-2)14-12-23/h4-5,7-16,24H,3,6,17-21H2,1-2H3. The predicted molar refractivity (Wildman–Crippen MR) is 141 cm³/mol. The maximum Gasteiger partial charge on any atom is 0.223 e. The smallest absolute Gasteiger partial charge is 0.223 e. The number of aromatic nitrogens is 2. The van der Waals surface area contributed by atoms with E-state index in [2.05, 4.69) is 29.7 Å². The van der Waals surface area contributed by atoms with Crippen LogP contribution in [-0.4, -0.2) is 40.6 Å². The summed E-state index contributed by atoms with van der Waals surface area (Å²) in [6.07, 6.45) is 2.37. The minimum absolute atomic E-state index is 0.0747. The zero-order chi connectivity index (χ0) is 24.9. The molecule has 1 saturated heterocycles. The minimum atomic E-state index is 0.0747. The molecule has 1 aliphatic heterocycles. The van der Waals surface area contributed by atoms with Crippen LogP contribution in [0.15, 0.2) is 72.8 Å². The maximum absolute atomic E-state index is 12.9. The van der Waals surface area contributed by atoms with Crippen LogP contribution in [0.4, 0.5) is 0 Å². The molecule has 1 atom stereocenters. The molecule has 2 heterocycles. The van der Waals surface area contributed by atoms with E-state index in [1.165, 1.54) is 5.56 Å². The van der Waals surface area contributed by atoms with Crippen molar-refractivity contribution in [2.45, 2.75) is 45.2 Å². The second kappa shape index (κ2) is 10.9. The molecule has 5 rings (SSSR count). The number of hydrogen-bond acceptors (Lipinski definition) is 4. The van der Waals surface area contributed by atoms with Crippen LogP contribution in [0, 0.1) is 0 Å². The summed E-state index contributed by atoms with van der Waals surface area (Å²) in [5.74, 6) is 2.96. The maximum atomic E-state index is 12.9. The van der Waals surface area contributed by atoms with Crippen molar-refractivity contribution in [3.63, 3.8) is 0 Å². The molecule has 4 aromatic rings. The lowest BCUT2D eigenvalue weighted by atomic mass is 10.1. The molecular formula is C30H33N3O3. The van der Waals surface area contributed by atoms with Crippen molar-refractivity contribution in [2.24, 2.45) is 0 Å². The number of rotatable bonds is 10. The quantitative estimate of drug-likeness (QED) is 0.276. The minimum Gasteiger partial charge on any atom is -0.497 e. The summed E-state index contributed by atoms with van der Waals surface area (Å²) in [4.78, 5) is 19.8. The van der Waals surface area contributed by atoms with Crippen LogP contribution in [0.25, 0.3) is 11.0 Å². The van der Waals surface area contributed by atoms with Crippen molar-refractivity contribution >= 4 is 16.9 Å². The van der Waals surface area contributed by atoms with Gasteiger partial charge in [0.25, 0.3) is 0 Å². The monoisotopic (exact) mass is 483 g/mol. The van der Waals surface area contributed by atoms with Crippen molar-refractivity contribution < 1.29 is 14.3 Å². The Bertz CT molecular complexity index is 1310. The number of hydrogen-bond donors (Lipinski definition) is 0. The van der Waals surface area contributed by atoms with Gasteiger partial charge in [0, 0.05) is 32.0 Å². The summed E-state index contributed by atoms with van der Waals surface area (Å²) in [5, 5.41) is 0. The lowest BCUT2D eigenvalue weighted by Crippen LogP contribution is -2.24. The van der Waals surface area contributed by atoms with Gasteiger partial charge in [-0.05, 0) is 60.4 Å². The number of amides is 1. The van der Waals surface area contributed by atoms with Gasteiger partial charge in [0.15, 0.2) is 0 Å². The first-order valence-corrected chi connectivity index (χ1v) is 12.7. The highest BCUT2D eigenvalue weighted by Gasteiger charge is 2.34. The average Bonchev–Trinajstić information content (AvgIpc) is 3.47. The van der Waals surface area contributed by atoms with Gasteiger partial charge in [0.05, 0.1) is 24.8 Å². The van der Waals surface area contributed by atoms with Crippen LogP contribution in [0.2, 0.25) is 0 Å². The van der Waals surface area contributed by atoms with E-state index in [0.717, 1.165) is 53.3 Å². The van der Waals surface area contributed by atoms with E-state index in [0.29, 0.717) is 26.1 Å². The third kappa shape index (κ3) is 5.23. The lowest BCUT2D eigenvalue weighted by Gasteiger charge is -2.18. The fraction of sp³-hybridized carbons (Fsp3) is 0.333. The first-order valence-electron chi connectivity index (χ1n) is 12.7. The summed E-state index contributed by atoms with van der Waals surface area (Å²) in [7, 11) is 1.66. The van der Waals surface area contributed by atoms with Gasteiger partial charge < -0.3 is 18.9 Å². The van der Waals surface area contributed by atoms with E-state index < -0.39 is 0 Å². The Morgan fingerprint density at radius 2 is 1.67 bits per heavy atom. The molecule has 3 aromatic carbocycles. The Labute approximate surface area is 212 Å². The topological polar surface area (TPSA) is 56.6 Å². The van der Waals surface area contributed by atoms with Gasteiger partial charge >= 0.3 is 0 Å². The van der Waals surface area contributed by atoms with Crippen molar-refractivity contribution in [3.05, 3.63) is 89.7 Å². The number of likely N-dealkylation sites (tertiary alicyclic amines) is 1. The van der Waals surface area contributed by atoms with Gasteiger partial charge in [-0.1, -0.05) is 43.3 Å². The number of fused-ring (bicyclic) bond motifs is 1. The van der Waals surface area contributed by atoms with Crippen LogP contribution >= 0.6 is 0 Å². The predicted octanol–water partition coefficient (Wildman–Crippen LogP) is 5.59. The van der Waals surface area contributed by atoms with E-state index >= 15 is 0 Å². The molecule has 1 unspecified atom stereocenters. The van der Waals surface area contributed by atoms with Crippen LogP contribution in [0.1, 0.15) is 42.6 Å². The number of ether oxygens (including phenoxy) is 2. The molecule has 0 radical (unpaired) electrons. The normalized spacial score (nSPS) is 15.6. The van der Waals surface area contributed by atoms with Crippen LogP contribution < -0.4 is 9.47 Å². The lowest BCUT2D eigenvalue weighted by molar-refractivity contribution is -0.128. The molecule has 1 aliphatic rings. The third-order valence-electron chi connectivity index (χ3n) is 6.92. The number of carbonyl (C=O) groups excluding carboxylic acids is 1. The van der Waals surface area contributed by atoms with Crippen molar-refractivity contribution in [1.29, 1.82) is 0 Å². The number of para-hydroxylation sites is 2. The number of aryl methyl sites for hydroxylation is 2. The largest absolute Gasteiger partial charge is 0.497 e. The van der Waals surface area contributed by atoms with Gasteiger partial charge in [-0.15, -0.1) is 0 Å². The van der Waals surface area contributed by atoms with Crippen molar-refractivity contribution in [2.75, 3.05) is 20.3 Å². The molecular weight excluding hydrogens is 450 g/mol. The number of benzene rings is 3. The van der Waals surface area contributed by atoms with Crippen LogP contribution in [0.3, 0.4) is 0 Å². The zero-order valence-corrected chi connectivity index (χ0v) is 21.0. The molecule has 0 spiro atoms. The number of methoxy groups -OCH3 is 1. The highest BCUT2D eigenvalue weighted by Crippen LogP contribution is 2.31. The molecule has 6 nitrogen and oxygen atoms in total. The fourth-order valence-corrected chi connectivity index (χ4v) is 4.92. The molecule has 0 N–H and O–H groups in total. The first kappa shape index (κ1) is 23.9. The Balaban J connectivity index is 1.27. The summed E-state index contributed by atoms with van der Waals surface area (Å²) in [6.45, 7) is 4.86. The average molecular weight is 484 g/mol. The molecule has 6 heteroatoms. The number of nitrogens with zero attached hydrogens (tertiary/aromatic N) is 3. The summed E-state index contributed by atoms with van der Waals surface area (Å²) < 4.78 is 13.5. The summed E-state index contributed by atoms with van der Waals surface area (Å²) >= 11 is 0. The van der Waals surface area contributed by atoms with Crippen LogP contribution in [0.5, 0.6) is 11.5 Å². The van der Waals surface area contributed by atoms with Crippen molar-refractivity contribution in [3.8, 4) is 11.5 Å². The Morgan fingerprint density at radius 3 is 2.42 bits per heavy atom. The SMILES string of the molecule is CCc1ccc(OCCCn2c(C3CC(=O)N(Cc4ccc(OC)cc4)C3)nc3ccccc32)cc1. The van der Waals surface area contributed by atoms with Gasteiger partial charge in [0.1, 0.15) is 17.3 Å². The second-order valence-electron chi connectivity index (χ2n) is 9.33. The summed E-state index contributed by atoms with van der Waals surface area (Å²) in [5.41, 5.74) is 4.50. The van der Waals surface area contributed by atoms with E-state index in [9.17, 15) is 4.79 Å². The van der Waals surface area contributed by atoms with E-state index in [1.807, 2.05) is 59.5 Å². The third-order valence-corrected chi connectivity index (χ3v) is 6.92. The molecule has 186 valence electrons. The Hall–Kier alpha value is -3.80. The van der Waals surface area contributed by atoms with Gasteiger partial charge in [-0.2, -0.15) is 0 Å². The zero-order valence-electron chi connectivity index (χ0n) is 21.0. The molecule has 0 saturated carbocycles. The highest BCUT2D eigenvalue weighted by atomic mass is 16.5. The van der Waals surface area contributed by atoms with E-state index in [4.69, 9.17) is 14.5 Å². The molecule has 1 aromatic heterocycles.